The number of carbonyl (C=O) groups is 1. The van der Waals surface area contributed by atoms with Crippen LogP contribution in [0.25, 0.3) is 11.4 Å². The molecule has 0 fully saturated rings. The van der Waals surface area contributed by atoms with Gasteiger partial charge in [0.1, 0.15) is 5.82 Å². The first-order valence-electron chi connectivity index (χ1n) is 9.61. The maximum atomic E-state index is 14.3. The van der Waals surface area contributed by atoms with Crippen LogP contribution in [0.5, 0.6) is 0 Å². The van der Waals surface area contributed by atoms with Crippen LogP contribution in [0.2, 0.25) is 0 Å². The summed E-state index contributed by atoms with van der Waals surface area (Å²) < 4.78 is 16.2. The van der Waals surface area contributed by atoms with E-state index in [1.54, 1.807) is 18.2 Å². The fourth-order valence-corrected chi connectivity index (χ4v) is 3.76. The van der Waals surface area contributed by atoms with Gasteiger partial charge in [-0.05, 0) is 30.5 Å². The lowest BCUT2D eigenvalue weighted by molar-refractivity contribution is -0.119. The molecule has 1 aromatic heterocycles. The minimum absolute atomic E-state index is 0.0770. The first kappa shape index (κ1) is 21.0. The summed E-state index contributed by atoms with van der Waals surface area (Å²) in [5.41, 5.74) is 1.46. The van der Waals surface area contributed by atoms with Crippen molar-refractivity contribution >= 4 is 17.7 Å². The zero-order valence-electron chi connectivity index (χ0n) is 16.8. The lowest BCUT2D eigenvalue weighted by Gasteiger charge is -2.15. The van der Waals surface area contributed by atoms with Gasteiger partial charge in [-0.3, -0.25) is 4.79 Å². The molecule has 5 nitrogen and oxygen atoms in total. The summed E-state index contributed by atoms with van der Waals surface area (Å²) in [6.45, 7) is 6.75. The zero-order chi connectivity index (χ0) is 20.8. The molecule has 0 unspecified atom stereocenters. The van der Waals surface area contributed by atoms with Crippen molar-refractivity contribution in [2.75, 3.05) is 5.75 Å². The maximum Gasteiger partial charge on any atom is 0.230 e. The van der Waals surface area contributed by atoms with Crippen molar-refractivity contribution in [1.29, 1.82) is 0 Å². The lowest BCUT2D eigenvalue weighted by atomic mass is 10.1. The van der Waals surface area contributed by atoms with Gasteiger partial charge < -0.3 is 9.88 Å². The molecule has 1 N–H and O–H groups in total. The largest absolute Gasteiger partial charge is 0.349 e. The van der Waals surface area contributed by atoms with Crippen LogP contribution in [-0.2, 0) is 11.3 Å². The molecule has 7 heteroatoms. The van der Waals surface area contributed by atoms with Gasteiger partial charge in [0, 0.05) is 6.54 Å². The van der Waals surface area contributed by atoms with E-state index in [4.69, 9.17) is 0 Å². The van der Waals surface area contributed by atoms with Gasteiger partial charge in [-0.15, -0.1) is 10.2 Å². The highest BCUT2D eigenvalue weighted by atomic mass is 32.2. The van der Waals surface area contributed by atoms with E-state index in [-0.39, 0.29) is 23.5 Å². The monoisotopic (exact) mass is 412 g/mol. The summed E-state index contributed by atoms with van der Waals surface area (Å²) in [7, 11) is 0. The van der Waals surface area contributed by atoms with Gasteiger partial charge in [0.15, 0.2) is 11.0 Å². The number of hydrogen-bond acceptors (Lipinski definition) is 4. The molecule has 0 aliphatic rings. The number of carbonyl (C=O) groups excluding carboxylic acids is 1. The van der Waals surface area contributed by atoms with Crippen molar-refractivity contribution in [2.24, 2.45) is 5.92 Å². The summed E-state index contributed by atoms with van der Waals surface area (Å²) in [5.74, 6) is 0.596. The predicted octanol–water partition coefficient (Wildman–Crippen LogP) is 4.71. The molecular formula is C22H25FN4OS. The normalized spacial score (nSPS) is 12.2. The van der Waals surface area contributed by atoms with Gasteiger partial charge in [0.05, 0.1) is 17.4 Å². The third kappa shape index (κ3) is 5.44. The third-order valence-corrected chi connectivity index (χ3v) is 5.36. The smallest absolute Gasteiger partial charge is 0.230 e. The average molecular weight is 413 g/mol. The Kier molecular flexibility index (Phi) is 7.04. The van der Waals surface area contributed by atoms with E-state index in [1.807, 2.05) is 41.8 Å². The topological polar surface area (TPSA) is 59.8 Å². The van der Waals surface area contributed by atoms with Crippen LogP contribution in [0.15, 0.2) is 59.8 Å². The van der Waals surface area contributed by atoms with E-state index in [9.17, 15) is 9.18 Å². The fourth-order valence-electron chi connectivity index (χ4n) is 3.01. The highest BCUT2D eigenvalue weighted by molar-refractivity contribution is 7.99. The Labute approximate surface area is 174 Å². The number of thioether (sulfide) groups is 1. The molecule has 0 radical (unpaired) electrons. The molecule has 0 spiro atoms. The summed E-state index contributed by atoms with van der Waals surface area (Å²) in [6.07, 6.45) is 0. The van der Waals surface area contributed by atoms with Crippen LogP contribution in [0.4, 0.5) is 4.39 Å². The molecule has 152 valence electrons. The van der Waals surface area contributed by atoms with Crippen molar-refractivity contribution in [3.63, 3.8) is 0 Å². The minimum Gasteiger partial charge on any atom is -0.349 e. The summed E-state index contributed by atoms with van der Waals surface area (Å²) in [4.78, 5) is 12.4. The fraction of sp³-hybridized carbons (Fsp3) is 0.318. The van der Waals surface area contributed by atoms with E-state index in [1.165, 1.54) is 17.8 Å². The van der Waals surface area contributed by atoms with Crippen LogP contribution in [0.1, 0.15) is 32.4 Å². The molecule has 1 atom stereocenters. The van der Waals surface area contributed by atoms with E-state index in [2.05, 4.69) is 29.4 Å². The number of benzene rings is 2. The van der Waals surface area contributed by atoms with E-state index in [0.29, 0.717) is 29.0 Å². The Morgan fingerprint density at radius 1 is 1.07 bits per heavy atom. The van der Waals surface area contributed by atoms with Gasteiger partial charge in [0.25, 0.3) is 0 Å². The second-order valence-corrected chi connectivity index (χ2v) is 8.22. The number of nitrogens with zero attached hydrogens (tertiary/aromatic N) is 3. The number of hydrogen-bond donors (Lipinski definition) is 1. The molecule has 0 bridgehead atoms. The van der Waals surface area contributed by atoms with Crippen LogP contribution >= 0.6 is 11.8 Å². The van der Waals surface area contributed by atoms with Crippen LogP contribution in [0, 0.1) is 11.7 Å². The van der Waals surface area contributed by atoms with Crippen molar-refractivity contribution in [2.45, 2.75) is 38.5 Å². The molecular weight excluding hydrogens is 387 g/mol. The maximum absolute atomic E-state index is 14.3. The molecule has 0 aliphatic carbocycles. The first-order valence-corrected chi connectivity index (χ1v) is 10.6. The summed E-state index contributed by atoms with van der Waals surface area (Å²) >= 11 is 1.31. The van der Waals surface area contributed by atoms with Crippen LogP contribution < -0.4 is 5.32 Å². The average Bonchev–Trinajstić information content (AvgIpc) is 3.09. The standard InChI is InChI=1S/C22H25FN4OS/c1-15(2)13-27-21(18-11-7-8-12-19(18)23)25-26-22(27)29-14-20(28)24-16(3)17-9-5-4-6-10-17/h4-12,15-16H,13-14H2,1-3H3,(H,24,28)/t16-/m0/s1. The third-order valence-electron chi connectivity index (χ3n) is 4.39. The first-order chi connectivity index (χ1) is 14.0. The SMILES string of the molecule is CC(C)Cn1c(SCC(=O)N[C@@H](C)c2ccccc2)nnc1-c1ccccc1F. The second kappa shape index (κ2) is 9.69. The number of amides is 1. The van der Waals surface area contributed by atoms with E-state index in [0.717, 1.165) is 5.56 Å². The van der Waals surface area contributed by atoms with Crippen molar-refractivity contribution in [1.82, 2.24) is 20.1 Å². The Hall–Kier alpha value is -2.67. The van der Waals surface area contributed by atoms with E-state index < -0.39 is 0 Å². The quantitative estimate of drug-likeness (QED) is 0.545. The highest BCUT2D eigenvalue weighted by Crippen LogP contribution is 2.27. The van der Waals surface area contributed by atoms with Gasteiger partial charge in [-0.1, -0.05) is 68.1 Å². The molecule has 29 heavy (non-hydrogen) atoms. The molecule has 2 aromatic carbocycles. The number of halogens is 1. The molecule has 3 rings (SSSR count). The molecule has 0 saturated carbocycles. The van der Waals surface area contributed by atoms with Crippen molar-refractivity contribution < 1.29 is 9.18 Å². The van der Waals surface area contributed by atoms with E-state index >= 15 is 0 Å². The lowest BCUT2D eigenvalue weighted by Crippen LogP contribution is -2.28. The molecule has 3 aromatic rings. The summed E-state index contributed by atoms with van der Waals surface area (Å²) in [5, 5.41) is 12.0. The Morgan fingerprint density at radius 2 is 1.76 bits per heavy atom. The van der Waals surface area contributed by atoms with Gasteiger partial charge >= 0.3 is 0 Å². The number of rotatable bonds is 8. The number of nitrogens with one attached hydrogen (secondary N) is 1. The van der Waals surface area contributed by atoms with Gasteiger partial charge in [-0.25, -0.2) is 4.39 Å². The predicted molar refractivity (Wildman–Crippen MR) is 114 cm³/mol. The minimum atomic E-state index is -0.337. The zero-order valence-corrected chi connectivity index (χ0v) is 17.6. The Morgan fingerprint density at radius 3 is 2.45 bits per heavy atom. The van der Waals surface area contributed by atoms with Crippen molar-refractivity contribution in [3.05, 3.63) is 66.0 Å². The Balaban J connectivity index is 1.72. The van der Waals surface area contributed by atoms with Crippen molar-refractivity contribution in [3.8, 4) is 11.4 Å². The molecule has 1 heterocycles. The molecule has 0 saturated heterocycles. The second-order valence-electron chi connectivity index (χ2n) is 7.28. The van der Waals surface area contributed by atoms with Gasteiger partial charge in [0.2, 0.25) is 5.91 Å². The number of aromatic nitrogens is 3. The van der Waals surface area contributed by atoms with Gasteiger partial charge in [-0.2, -0.15) is 0 Å². The molecule has 1 amide bonds. The highest BCUT2D eigenvalue weighted by Gasteiger charge is 2.19. The van der Waals surface area contributed by atoms with Crippen LogP contribution in [0.3, 0.4) is 0 Å². The summed E-state index contributed by atoms with van der Waals surface area (Å²) in [6, 6.07) is 16.3. The Bertz CT molecular complexity index is 958. The molecule has 0 aliphatic heterocycles. The van der Waals surface area contributed by atoms with Crippen LogP contribution in [-0.4, -0.2) is 26.4 Å².